The van der Waals surface area contributed by atoms with Gasteiger partial charge in [-0.15, -0.1) is 11.3 Å². The summed E-state index contributed by atoms with van der Waals surface area (Å²) in [6.07, 6.45) is 2.76. The molecule has 0 spiro atoms. The molecule has 2 aromatic heterocycles. The average Bonchev–Trinajstić information content (AvgIpc) is 3.25. The number of fused-ring (bicyclic) bond motifs is 1. The lowest BCUT2D eigenvalue weighted by atomic mass is 10.1. The number of piperazine rings is 1. The van der Waals surface area contributed by atoms with Gasteiger partial charge in [-0.3, -0.25) is 14.1 Å². The van der Waals surface area contributed by atoms with Crippen LogP contribution < -0.4 is 0 Å². The molecule has 6 heteroatoms. The van der Waals surface area contributed by atoms with E-state index in [9.17, 15) is 4.79 Å². The van der Waals surface area contributed by atoms with Gasteiger partial charge in [-0.25, -0.2) is 4.98 Å². The molecule has 0 atom stereocenters. The minimum atomic E-state index is 0.291. The van der Waals surface area contributed by atoms with Crippen LogP contribution in [-0.4, -0.2) is 51.3 Å². The third-order valence-corrected chi connectivity index (χ3v) is 6.12. The molecular weight excluding hydrogens is 368 g/mol. The molecule has 0 aliphatic carbocycles. The first-order valence-corrected chi connectivity index (χ1v) is 10.9. The molecule has 0 bridgehead atoms. The largest absolute Gasteiger partial charge is 0.340 e. The van der Waals surface area contributed by atoms with Gasteiger partial charge < -0.3 is 4.90 Å². The van der Waals surface area contributed by atoms with Gasteiger partial charge in [-0.05, 0) is 12.8 Å². The first kappa shape index (κ1) is 19.2. The Bertz CT molecular complexity index is 949. The number of carbonyl (C=O) groups excluding carboxylic acids is 1. The Hall–Kier alpha value is -2.18. The second-order valence-electron chi connectivity index (χ2n) is 8.08. The van der Waals surface area contributed by atoms with Gasteiger partial charge in [-0.1, -0.05) is 43.7 Å². The number of amides is 1. The Labute approximate surface area is 170 Å². The maximum Gasteiger partial charge on any atom is 0.222 e. The summed E-state index contributed by atoms with van der Waals surface area (Å²) in [6.45, 7) is 10.6. The van der Waals surface area contributed by atoms with Crippen LogP contribution in [0.2, 0.25) is 0 Å². The molecule has 0 radical (unpaired) electrons. The number of nitrogens with zero attached hydrogens (tertiary/aromatic N) is 4. The summed E-state index contributed by atoms with van der Waals surface area (Å²) in [5.74, 6) is 0.709. The number of hydrogen-bond donors (Lipinski definition) is 0. The van der Waals surface area contributed by atoms with Crippen LogP contribution in [-0.2, 0) is 11.3 Å². The lowest BCUT2D eigenvalue weighted by Crippen LogP contribution is -2.48. The highest BCUT2D eigenvalue weighted by Gasteiger charge is 2.24. The molecule has 3 aromatic rings. The van der Waals surface area contributed by atoms with Gasteiger partial charge in [0.25, 0.3) is 0 Å². The molecule has 1 aromatic carbocycles. The number of rotatable bonds is 5. The second-order valence-corrected chi connectivity index (χ2v) is 8.96. The minimum absolute atomic E-state index is 0.291. The summed E-state index contributed by atoms with van der Waals surface area (Å²) in [5.41, 5.74) is 4.74. The van der Waals surface area contributed by atoms with Gasteiger partial charge in [-0.2, -0.15) is 0 Å². The fourth-order valence-corrected chi connectivity index (χ4v) is 4.50. The normalized spacial score (nSPS) is 15.6. The van der Waals surface area contributed by atoms with Crippen molar-refractivity contribution >= 4 is 22.2 Å². The summed E-state index contributed by atoms with van der Waals surface area (Å²) in [4.78, 5) is 22.7. The maximum atomic E-state index is 12.3. The van der Waals surface area contributed by atoms with E-state index in [4.69, 9.17) is 4.98 Å². The van der Waals surface area contributed by atoms with Gasteiger partial charge in [0.15, 0.2) is 4.96 Å². The van der Waals surface area contributed by atoms with E-state index in [1.807, 2.05) is 4.90 Å². The van der Waals surface area contributed by atoms with E-state index >= 15 is 0 Å². The van der Waals surface area contributed by atoms with Crippen LogP contribution in [0.5, 0.6) is 0 Å². The first-order valence-electron chi connectivity index (χ1n) is 10.0. The Morgan fingerprint density at radius 1 is 1.14 bits per heavy atom. The molecule has 148 valence electrons. The summed E-state index contributed by atoms with van der Waals surface area (Å²) in [7, 11) is 0. The molecule has 1 amide bonds. The van der Waals surface area contributed by atoms with Crippen molar-refractivity contribution in [1.82, 2.24) is 19.2 Å². The lowest BCUT2D eigenvalue weighted by molar-refractivity contribution is -0.133. The molecular formula is C22H28N4OS. The van der Waals surface area contributed by atoms with Gasteiger partial charge in [0, 0.05) is 56.3 Å². The van der Waals surface area contributed by atoms with Gasteiger partial charge >= 0.3 is 0 Å². The van der Waals surface area contributed by atoms with Crippen molar-refractivity contribution in [3.63, 3.8) is 0 Å². The monoisotopic (exact) mass is 396 g/mol. The van der Waals surface area contributed by atoms with Crippen molar-refractivity contribution in [1.29, 1.82) is 0 Å². The lowest BCUT2D eigenvalue weighted by Gasteiger charge is -2.35. The van der Waals surface area contributed by atoms with Crippen molar-refractivity contribution in [2.24, 2.45) is 5.92 Å². The fourth-order valence-electron chi connectivity index (χ4n) is 3.77. The van der Waals surface area contributed by atoms with Crippen LogP contribution in [0.15, 0.2) is 35.8 Å². The van der Waals surface area contributed by atoms with Gasteiger partial charge in [0.05, 0.1) is 11.4 Å². The zero-order chi connectivity index (χ0) is 19.7. The molecule has 1 saturated heterocycles. The molecule has 0 unspecified atom stereocenters. The molecule has 0 saturated carbocycles. The van der Waals surface area contributed by atoms with Gasteiger partial charge in [0.2, 0.25) is 5.91 Å². The first-order chi connectivity index (χ1) is 13.5. The predicted octanol–water partition coefficient (Wildman–Crippen LogP) is 4.06. The molecule has 3 heterocycles. The number of aromatic nitrogens is 2. The average molecular weight is 397 g/mol. The van der Waals surface area contributed by atoms with E-state index in [2.05, 4.69) is 65.9 Å². The number of aryl methyl sites for hydroxylation is 1. The smallest absolute Gasteiger partial charge is 0.222 e. The molecule has 5 nitrogen and oxygen atoms in total. The molecule has 1 aliphatic heterocycles. The Morgan fingerprint density at radius 3 is 2.54 bits per heavy atom. The third kappa shape index (κ3) is 3.98. The van der Waals surface area contributed by atoms with Crippen LogP contribution in [0.1, 0.15) is 31.5 Å². The summed E-state index contributed by atoms with van der Waals surface area (Å²) < 4.78 is 2.22. The highest BCUT2D eigenvalue weighted by molar-refractivity contribution is 7.15. The van der Waals surface area contributed by atoms with Crippen LogP contribution in [0.25, 0.3) is 16.2 Å². The molecule has 1 aliphatic rings. The molecule has 4 rings (SSSR count). The molecule has 1 fully saturated rings. The van der Waals surface area contributed by atoms with E-state index in [1.54, 1.807) is 11.3 Å². The van der Waals surface area contributed by atoms with Crippen LogP contribution in [0, 0.1) is 12.8 Å². The van der Waals surface area contributed by atoms with Crippen molar-refractivity contribution in [2.75, 3.05) is 26.2 Å². The minimum Gasteiger partial charge on any atom is -0.340 e. The third-order valence-electron chi connectivity index (χ3n) is 5.37. The van der Waals surface area contributed by atoms with Crippen molar-refractivity contribution in [3.05, 3.63) is 47.1 Å². The quantitative estimate of drug-likeness (QED) is 0.653. The number of imidazole rings is 1. The fraction of sp³-hybridized carbons (Fsp3) is 0.455. The standard InChI is InChI=1S/C22H28N4OS/c1-16(2)14-20(27)25-10-8-24(9-11-25)15-19-21(18-6-4-17(3)5-7-18)23-22-26(19)12-13-28-22/h4-7,12-13,16H,8-11,14-15H2,1-3H3. The van der Waals surface area contributed by atoms with Crippen LogP contribution in [0.4, 0.5) is 0 Å². The van der Waals surface area contributed by atoms with Crippen molar-refractivity contribution in [2.45, 2.75) is 33.7 Å². The Kier molecular flexibility index (Phi) is 5.51. The highest BCUT2D eigenvalue weighted by atomic mass is 32.1. The van der Waals surface area contributed by atoms with E-state index in [0.717, 1.165) is 43.4 Å². The zero-order valence-electron chi connectivity index (χ0n) is 16.9. The van der Waals surface area contributed by atoms with Crippen molar-refractivity contribution in [3.8, 4) is 11.3 Å². The number of benzene rings is 1. The SMILES string of the molecule is Cc1ccc(-c2nc3sccn3c2CN2CCN(C(=O)CC(C)C)CC2)cc1. The summed E-state index contributed by atoms with van der Waals surface area (Å²) >= 11 is 1.67. The Morgan fingerprint density at radius 2 is 1.86 bits per heavy atom. The summed E-state index contributed by atoms with van der Waals surface area (Å²) in [5, 5.41) is 2.09. The van der Waals surface area contributed by atoms with Crippen LogP contribution >= 0.6 is 11.3 Å². The topological polar surface area (TPSA) is 40.9 Å². The van der Waals surface area contributed by atoms with E-state index < -0.39 is 0 Å². The Balaban J connectivity index is 1.51. The maximum absolute atomic E-state index is 12.3. The predicted molar refractivity (Wildman–Crippen MR) is 115 cm³/mol. The second kappa shape index (κ2) is 8.05. The van der Waals surface area contributed by atoms with Gasteiger partial charge in [0.1, 0.15) is 0 Å². The number of carbonyl (C=O) groups is 1. The van der Waals surface area contributed by atoms with Crippen LogP contribution in [0.3, 0.4) is 0 Å². The number of hydrogen-bond acceptors (Lipinski definition) is 4. The zero-order valence-corrected chi connectivity index (χ0v) is 17.7. The summed E-state index contributed by atoms with van der Waals surface area (Å²) in [6, 6.07) is 8.61. The van der Waals surface area contributed by atoms with E-state index in [0.29, 0.717) is 18.2 Å². The van der Waals surface area contributed by atoms with Crippen molar-refractivity contribution < 1.29 is 4.79 Å². The van der Waals surface area contributed by atoms with E-state index in [1.165, 1.54) is 16.8 Å². The highest BCUT2D eigenvalue weighted by Crippen LogP contribution is 2.28. The number of thiazole rings is 1. The van der Waals surface area contributed by atoms with E-state index in [-0.39, 0.29) is 0 Å². The molecule has 28 heavy (non-hydrogen) atoms. The molecule has 0 N–H and O–H groups in total.